The van der Waals surface area contributed by atoms with Crippen LogP contribution in [0, 0.1) is 5.92 Å². The molecule has 0 N–H and O–H groups in total. The molecule has 3 aromatic rings. The van der Waals surface area contributed by atoms with Crippen LogP contribution in [-0.4, -0.2) is 22.1 Å². The number of fused-ring (bicyclic) bond motifs is 1. The topological polar surface area (TPSA) is 57.3 Å². The summed E-state index contributed by atoms with van der Waals surface area (Å²) in [6, 6.07) is 5.74. The first-order chi connectivity index (χ1) is 11.5. The van der Waals surface area contributed by atoms with Gasteiger partial charge >= 0.3 is 5.97 Å². The lowest BCUT2D eigenvalue weighted by atomic mass is 10.2. The van der Waals surface area contributed by atoms with Gasteiger partial charge in [0.05, 0.1) is 12.2 Å². The Morgan fingerprint density at radius 2 is 2.21 bits per heavy atom. The van der Waals surface area contributed by atoms with Crippen LogP contribution >= 0.6 is 11.6 Å². The van der Waals surface area contributed by atoms with Gasteiger partial charge in [0.15, 0.2) is 5.69 Å². The van der Waals surface area contributed by atoms with Crippen LogP contribution in [0.4, 0.5) is 0 Å². The maximum atomic E-state index is 11.8. The van der Waals surface area contributed by atoms with E-state index in [0.29, 0.717) is 23.4 Å². The van der Waals surface area contributed by atoms with E-state index in [9.17, 15) is 4.79 Å². The summed E-state index contributed by atoms with van der Waals surface area (Å²) in [7, 11) is 0. The molecule has 3 rings (SSSR count). The minimum Gasteiger partial charge on any atom is -0.461 e. The molecule has 0 saturated carbocycles. The summed E-state index contributed by atoms with van der Waals surface area (Å²) in [5, 5.41) is 1.59. The van der Waals surface area contributed by atoms with Crippen molar-refractivity contribution in [3.8, 4) is 11.5 Å². The zero-order chi connectivity index (χ0) is 17.3. The molecular formula is C18H19ClN2O3. The number of nitrogens with zero attached hydrogens (tertiary/aromatic N) is 2. The molecule has 126 valence electrons. The van der Waals surface area contributed by atoms with E-state index in [2.05, 4.69) is 23.4 Å². The van der Waals surface area contributed by atoms with Crippen LogP contribution in [0.3, 0.4) is 0 Å². The highest BCUT2D eigenvalue weighted by Crippen LogP contribution is 2.32. The molecule has 0 saturated heterocycles. The molecule has 0 aliphatic heterocycles. The van der Waals surface area contributed by atoms with E-state index in [1.54, 1.807) is 6.92 Å². The van der Waals surface area contributed by atoms with Gasteiger partial charge in [0.2, 0.25) is 5.89 Å². The van der Waals surface area contributed by atoms with Crippen LogP contribution in [0.25, 0.3) is 22.4 Å². The van der Waals surface area contributed by atoms with Crippen LogP contribution in [0.1, 0.15) is 31.3 Å². The summed E-state index contributed by atoms with van der Waals surface area (Å²) in [6.07, 6.45) is 3.31. The molecule has 1 aromatic carbocycles. The molecule has 0 aliphatic carbocycles. The van der Waals surface area contributed by atoms with Crippen molar-refractivity contribution in [2.45, 2.75) is 27.3 Å². The second-order valence-electron chi connectivity index (χ2n) is 6.01. The van der Waals surface area contributed by atoms with Crippen molar-refractivity contribution in [2.75, 3.05) is 6.61 Å². The summed E-state index contributed by atoms with van der Waals surface area (Å²) in [5.41, 5.74) is 2.03. The largest absolute Gasteiger partial charge is 0.461 e. The Balaban J connectivity index is 2.08. The fourth-order valence-corrected chi connectivity index (χ4v) is 2.85. The highest BCUT2D eigenvalue weighted by atomic mass is 35.5. The normalized spacial score (nSPS) is 11.4. The van der Waals surface area contributed by atoms with Crippen molar-refractivity contribution in [1.82, 2.24) is 9.55 Å². The average Bonchev–Trinajstić information content (AvgIpc) is 3.12. The summed E-state index contributed by atoms with van der Waals surface area (Å²) in [4.78, 5) is 16.1. The zero-order valence-electron chi connectivity index (χ0n) is 13.9. The second-order valence-corrected chi connectivity index (χ2v) is 6.45. The molecule has 0 atom stereocenters. The average molecular weight is 347 g/mol. The van der Waals surface area contributed by atoms with Crippen LogP contribution in [-0.2, 0) is 11.3 Å². The number of benzene rings is 1. The van der Waals surface area contributed by atoms with E-state index in [0.717, 1.165) is 23.0 Å². The van der Waals surface area contributed by atoms with E-state index < -0.39 is 5.97 Å². The first-order valence-corrected chi connectivity index (χ1v) is 8.28. The molecular weight excluding hydrogens is 328 g/mol. The lowest BCUT2D eigenvalue weighted by Gasteiger charge is -2.07. The number of ether oxygens (including phenoxy) is 1. The van der Waals surface area contributed by atoms with Crippen LogP contribution in [0.5, 0.6) is 0 Å². The van der Waals surface area contributed by atoms with Gasteiger partial charge in [0.1, 0.15) is 6.26 Å². The van der Waals surface area contributed by atoms with E-state index in [1.807, 2.05) is 24.4 Å². The number of esters is 1. The Kier molecular flexibility index (Phi) is 4.62. The summed E-state index contributed by atoms with van der Waals surface area (Å²) in [5.74, 6) is 0.382. The monoisotopic (exact) mass is 346 g/mol. The highest BCUT2D eigenvalue weighted by molar-refractivity contribution is 6.31. The maximum absolute atomic E-state index is 11.8. The van der Waals surface area contributed by atoms with Crippen molar-refractivity contribution in [3.05, 3.63) is 41.4 Å². The molecule has 2 aromatic heterocycles. The van der Waals surface area contributed by atoms with Gasteiger partial charge in [-0.1, -0.05) is 25.4 Å². The van der Waals surface area contributed by atoms with Gasteiger partial charge in [-0.3, -0.25) is 0 Å². The van der Waals surface area contributed by atoms with Crippen molar-refractivity contribution in [2.24, 2.45) is 5.92 Å². The van der Waals surface area contributed by atoms with E-state index in [1.165, 1.54) is 6.26 Å². The Morgan fingerprint density at radius 3 is 2.92 bits per heavy atom. The molecule has 0 unspecified atom stereocenters. The van der Waals surface area contributed by atoms with Crippen molar-refractivity contribution in [1.29, 1.82) is 0 Å². The van der Waals surface area contributed by atoms with E-state index >= 15 is 0 Å². The molecule has 0 fully saturated rings. The number of hydrogen-bond acceptors (Lipinski definition) is 4. The first-order valence-electron chi connectivity index (χ1n) is 7.91. The zero-order valence-corrected chi connectivity index (χ0v) is 14.6. The quantitative estimate of drug-likeness (QED) is 0.624. The lowest BCUT2D eigenvalue weighted by molar-refractivity contribution is 0.0519. The number of carbonyl (C=O) groups excluding carboxylic acids is 1. The Bertz CT molecular complexity index is 880. The molecule has 24 heavy (non-hydrogen) atoms. The van der Waals surface area contributed by atoms with E-state index in [-0.39, 0.29) is 5.69 Å². The number of oxazole rings is 1. The van der Waals surface area contributed by atoms with Gasteiger partial charge in [0, 0.05) is 28.7 Å². The van der Waals surface area contributed by atoms with Crippen LogP contribution in [0.15, 0.2) is 35.1 Å². The predicted octanol–water partition coefficient (Wildman–Crippen LogP) is 4.78. The molecule has 5 nitrogen and oxygen atoms in total. The number of rotatable bonds is 5. The second kappa shape index (κ2) is 6.69. The smallest absolute Gasteiger partial charge is 0.360 e. The SMILES string of the molecule is CCOC(=O)c1coc(-c2cn(CC(C)C)c3ccc(Cl)cc23)n1. The van der Waals surface area contributed by atoms with Crippen LogP contribution < -0.4 is 0 Å². The first kappa shape index (κ1) is 16.6. The molecule has 2 heterocycles. The lowest BCUT2D eigenvalue weighted by Crippen LogP contribution is -2.04. The van der Waals surface area contributed by atoms with Gasteiger partial charge in [0.25, 0.3) is 0 Å². The fourth-order valence-electron chi connectivity index (χ4n) is 2.68. The fraction of sp³-hybridized carbons (Fsp3) is 0.333. The third-order valence-electron chi connectivity index (χ3n) is 3.62. The minimum atomic E-state index is -0.489. The number of halogens is 1. The Hall–Kier alpha value is -2.27. The number of hydrogen-bond donors (Lipinski definition) is 0. The van der Waals surface area contributed by atoms with Gasteiger partial charge in [-0.2, -0.15) is 0 Å². The molecule has 0 aliphatic rings. The molecule has 0 amide bonds. The van der Waals surface area contributed by atoms with Crippen molar-refractivity contribution >= 4 is 28.5 Å². The summed E-state index contributed by atoms with van der Waals surface area (Å²) >= 11 is 6.16. The van der Waals surface area contributed by atoms with Crippen LogP contribution in [0.2, 0.25) is 5.02 Å². The summed E-state index contributed by atoms with van der Waals surface area (Å²) < 4.78 is 12.6. The highest BCUT2D eigenvalue weighted by Gasteiger charge is 2.19. The third kappa shape index (κ3) is 3.17. The van der Waals surface area contributed by atoms with Gasteiger partial charge in [-0.05, 0) is 31.0 Å². The standard InChI is InChI=1S/C18H19ClN2O3/c1-4-23-18(22)15-10-24-17(20-15)14-9-21(8-11(2)3)16-6-5-12(19)7-13(14)16/h5-7,9-11H,4,8H2,1-3H3. The van der Waals surface area contributed by atoms with Gasteiger partial charge in [-0.25, -0.2) is 9.78 Å². The third-order valence-corrected chi connectivity index (χ3v) is 3.86. The van der Waals surface area contributed by atoms with E-state index in [4.69, 9.17) is 20.8 Å². The Morgan fingerprint density at radius 1 is 1.42 bits per heavy atom. The van der Waals surface area contributed by atoms with Crippen molar-refractivity contribution in [3.63, 3.8) is 0 Å². The minimum absolute atomic E-state index is 0.165. The number of carbonyl (C=O) groups is 1. The molecule has 0 spiro atoms. The molecule has 0 radical (unpaired) electrons. The predicted molar refractivity (Wildman–Crippen MR) is 93.2 cm³/mol. The van der Waals surface area contributed by atoms with Gasteiger partial charge < -0.3 is 13.7 Å². The summed E-state index contributed by atoms with van der Waals surface area (Å²) in [6.45, 7) is 7.23. The number of aromatic nitrogens is 2. The maximum Gasteiger partial charge on any atom is 0.360 e. The van der Waals surface area contributed by atoms with Gasteiger partial charge in [-0.15, -0.1) is 0 Å². The molecule has 6 heteroatoms. The molecule has 0 bridgehead atoms. The van der Waals surface area contributed by atoms with Crippen molar-refractivity contribution < 1.29 is 13.9 Å². The Labute approximate surface area is 145 Å².